The van der Waals surface area contributed by atoms with Crippen LogP contribution in [0.3, 0.4) is 0 Å². The summed E-state index contributed by atoms with van der Waals surface area (Å²) in [6.07, 6.45) is 2.65. The van der Waals surface area contributed by atoms with Crippen LogP contribution >= 0.6 is 15.9 Å². The van der Waals surface area contributed by atoms with Gasteiger partial charge in [-0.2, -0.15) is 0 Å². The van der Waals surface area contributed by atoms with Gasteiger partial charge in [-0.3, -0.25) is 4.79 Å². The van der Waals surface area contributed by atoms with E-state index in [1.54, 1.807) is 0 Å². The van der Waals surface area contributed by atoms with Gasteiger partial charge in [0.05, 0.1) is 6.04 Å². The number of ketones is 1. The number of halogens is 1. The number of hydrogen-bond acceptors (Lipinski definition) is 2. The Balaban J connectivity index is 1.99. The Kier molecular flexibility index (Phi) is 3.54. The van der Waals surface area contributed by atoms with Crippen molar-refractivity contribution in [1.82, 2.24) is 5.32 Å². The molecule has 0 radical (unpaired) electrons. The zero-order valence-corrected chi connectivity index (χ0v) is 10.1. The minimum absolute atomic E-state index is 0.0870. The Labute approximate surface area is 98.2 Å². The molecule has 1 N–H and O–H groups in total. The summed E-state index contributed by atoms with van der Waals surface area (Å²) in [6, 6.07) is 8.03. The first-order valence-corrected chi connectivity index (χ1v) is 6.05. The van der Waals surface area contributed by atoms with Crippen LogP contribution in [-0.4, -0.2) is 18.4 Å². The SMILES string of the molecule is O=C(Cc1cccc(Br)c1)C1CCCN1. The molecule has 1 aliphatic rings. The van der Waals surface area contributed by atoms with Crippen LogP contribution < -0.4 is 5.32 Å². The Morgan fingerprint density at radius 1 is 1.53 bits per heavy atom. The van der Waals surface area contributed by atoms with Gasteiger partial charge < -0.3 is 5.32 Å². The van der Waals surface area contributed by atoms with Gasteiger partial charge in [-0.25, -0.2) is 0 Å². The van der Waals surface area contributed by atoms with Gasteiger partial charge in [0.2, 0.25) is 0 Å². The first-order chi connectivity index (χ1) is 7.25. The van der Waals surface area contributed by atoms with Crippen molar-refractivity contribution in [1.29, 1.82) is 0 Å². The van der Waals surface area contributed by atoms with Crippen molar-refractivity contribution in [3.8, 4) is 0 Å². The first kappa shape index (κ1) is 10.8. The normalized spacial score (nSPS) is 20.5. The van der Waals surface area contributed by atoms with Gasteiger partial charge in [-0.1, -0.05) is 28.1 Å². The van der Waals surface area contributed by atoms with Crippen molar-refractivity contribution >= 4 is 21.7 Å². The molecular weight excluding hydrogens is 254 g/mol. The largest absolute Gasteiger partial charge is 0.307 e. The van der Waals surface area contributed by atoms with Crippen LogP contribution in [0.5, 0.6) is 0 Å². The van der Waals surface area contributed by atoms with Crippen LogP contribution in [-0.2, 0) is 11.2 Å². The molecule has 2 rings (SSSR count). The van der Waals surface area contributed by atoms with Crippen molar-refractivity contribution in [2.45, 2.75) is 25.3 Å². The van der Waals surface area contributed by atoms with E-state index in [2.05, 4.69) is 21.2 Å². The molecule has 15 heavy (non-hydrogen) atoms. The molecular formula is C12H14BrNO. The van der Waals surface area contributed by atoms with E-state index in [-0.39, 0.29) is 6.04 Å². The highest BCUT2D eigenvalue weighted by atomic mass is 79.9. The molecule has 1 unspecified atom stereocenters. The van der Waals surface area contributed by atoms with Crippen molar-refractivity contribution < 1.29 is 4.79 Å². The summed E-state index contributed by atoms with van der Waals surface area (Å²) in [7, 11) is 0. The topological polar surface area (TPSA) is 29.1 Å². The van der Waals surface area contributed by atoms with Crippen molar-refractivity contribution in [2.75, 3.05) is 6.54 Å². The lowest BCUT2D eigenvalue weighted by molar-refractivity contribution is -0.120. The van der Waals surface area contributed by atoms with E-state index in [0.29, 0.717) is 12.2 Å². The minimum Gasteiger partial charge on any atom is -0.307 e. The second kappa shape index (κ2) is 4.90. The van der Waals surface area contributed by atoms with Gasteiger partial charge in [-0.05, 0) is 37.1 Å². The number of carbonyl (C=O) groups is 1. The molecule has 2 nitrogen and oxygen atoms in total. The van der Waals surface area contributed by atoms with Crippen molar-refractivity contribution in [3.05, 3.63) is 34.3 Å². The predicted octanol–water partition coefficient (Wildman–Crippen LogP) is 2.31. The lowest BCUT2D eigenvalue weighted by atomic mass is 10.0. The van der Waals surface area contributed by atoms with E-state index < -0.39 is 0 Å². The molecule has 1 aromatic carbocycles. The summed E-state index contributed by atoms with van der Waals surface area (Å²) in [6.45, 7) is 0.981. The summed E-state index contributed by atoms with van der Waals surface area (Å²) in [5.41, 5.74) is 1.09. The van der Waals surface area contributed by atoms with E-state index >= 15 is 0 Å². The summed E-state index contributed by atoms with van der Waals surface area (Å²) in [4.78, 5) is 11.8. The predicted molar refractivity (Wildman–Crippen MR) is 63.9 cm³/mol. The third-order valence-electron chi connectivity index (χ3n) is 2.72. The Morgan fingerprint density at radius 3 is 3.07 bits per heavy atom. The van der Waals surface area contributed by atoms with Crippen LogP contribution in [0, 0.1) is 0 Å². The van der Waals surface area contributed by atoms with E-state index in [1.807, 2.05) is 24.3 Å². The highest BCUT2D eigenvalue weighted by molar-refractivity contribution is 9.10. The molecule has 1 fully saturated rings. The average molecular weight is 268 g/mol. The molecule has 0 saturated carbocycles. The molecule has 0 amide bonds. The van der Waals surface area contributed by atoms with Crippen LogP contribution in [0.15, 0.2) is 28.7 Å². The van der Waals surface area contributed by atoms with Crippen LogP contribution in [0.25, 0.3) is 0 Å². The molecule has 80 valence electrons. The quantitative estimate of drug-likeness (QED) is 0.911. The summed E-state index contributed by atoms with van der Waals surface area (Å²) in [5, 5.41) is 3.23. The summed E-state index contributed by atoms with van der Waals surface area (Å²) < 4.78 is 1.03. The van der Waals surface area contributed by atoms with Gasteiger partial charge in [-0.15, -0.1) is 0 Å². The van der Waals surface area contributed by atoms with Gasteiger partial charge in [0.25, 0.3) is 0 Å². The third kappa shape index (κ3) is 2.89. The fourth-order valence-electron chi connectivity index (χ4n) is 1.93. The van der Waals surface area contributed by atoms with E-state index in [0.717, 1.165) is 29.4 Å². The maximum Gasteiger partial charge on any atom is 0.154 e. The van der Waals surface area contributed by atoms with Gasteiger partial charge in [0.15, 0.2) is 5.78 Å². The second-order valence-electron chi connectivity index (χ2n) is 3.92. The van der Waals surface area contributed by atoms with E-state index in [1.165, 1.54) is 0 Å². The molecule has 1 aromatic rings. The average Bonchev–Trinajstić information content (AvgIpc) is 2.70. The molecule has 1 atom stereocenters. The smallest absolute Gasteiger partial charge is 0.154 e. The minimum atomic E-state index is 0.0870. The van der Waals surface area contributed by atoms with Gasteiger partial charge in [0, 0.05) is 10.9 Å². The number of Topliss-reactive ketones (excluding diaryl/α,β-unsaturated/α-hetero) is 1. The van der Waals surface area contributed by atoms with Crippen molar-refractivity contribution in [2.24, 2.45) is 0 Å². The summed E-state index contributed by atoms with van der Waals surface area (Å²) >= 11 is 3.41. The Morgan fingerprint density at radius 2 is 2.40 bits per heavy atom. The Hall–Kier alpha value is -0.670. The molecule has 0 aliphatic carbocycles. The number of rotatable bonds is 3. The number of hydrogen-bond donors (Lipinski definition) is 1. The lowest BCUT2D eigenvalue weighted by Crippen LogP contribution is -2.31. The molecule has 1 saturated heterocycles. The molecule has 1 heterocycles. The molecule has 0 aromatic heterocycles. The molecule has 3 heteroatoms. The maximum atomic E-state index is 11.8. The Bertz CT molecular complexity index is 358. The number of carbonyl (C=O) groups excluding carboxylic acids is 1. The van der Waals surface area contributed by atoms with Crippen molar-refractivity contribution in [3.63, 3.8) is 0 Å². The fourth-order valence-corrected chi connectivity index (χ4v) is 2.38. The second-order valence-corrected chi connectivity index (χ2v) is 4.84. The number of nitrogens with one attached hydrogen (secondary N) is 1. The highest BCUT2D eigenvalue weighted by Crippen LogP contribution is 2.14. The zero-order valence-electron chi connectivity index (χ0n) is 8.50. The monoisotopic (exact) mass is 267 g/mol. The van der Waals surface area contributed by atoms with Crippen LogP contribution in [0.2, 0.25) is 0 Å². The molecule has 1 aliphatic heterocycles. The molecule has 0 spiro atoms. The highest BCUT2D eigenvalue weighted by Gasteiger charge is 2.21. The van der Waals surface area contributed by atoms with Gasteiger partial charge in [0.1, 0.15) is 0 Å². The molecule has 0 bridgehead atoms. The lowest BCUT2D eigenvalue weighted by Gasteiger charge is -2.08. The zero-order chi connectivity index (χ0) is 10.7. The summed E-state index contributed by atoms with van der Waals surface area (Å²) in [5.74, 6) is 0.311. The van der Waals surface area contributed by atoms with E-state index in [4.69, 9.17) is 0 Å². The van der Waals surface area contributed by atoms with E-state index in [9.17, 15) is 4.79 Å². The fraction of sp³-hybridized carbons (Fsp3) is 0.417. The van der Waals surface area contributed by atoms with Crippen LogP contribution in [0.1, 0.15) is 18.4 Å². The standard InChI is InChI=1S/C12H14BrNO/c13-10-4-1-3-9(7-10)8-12(15)11-5-2-6-14-11/h1,3-4,7,11,14H,2,5-6,8H2. The maximum absolute atomic E-state index is 11.8. The third-order valence-corrected chi connectivity index (χ3v) is 3.21. The number of benzene rings is 1. The van der Waals surface area contributed by atoms with Gasteiger partial charge >= 0.3 is 0 Å². The first-order valence-electron chi connectivity index (χ1n) is 5.26. The van der Waals surface area contributed by atoms with Crippen LogP contribution in [0.4, 0.5) is 0 Å².